The van der Waals surface area contributed by atoms with Gasteiger partial charge in [-0.3, -0.25) is 9.59 Å². The molecule has 0 bridgehead atoms. The third-order valence-electron chi connectivity index (χ3n) is 4.25. The van der Waals surface area contributed by atoms with Crippen LogP contribution in [-0.2, 0) is 9.53 Å². The maximum absolute atomic E-state index is 12.4. The van der Waals surface area contributed by atoms with E-state index < -0.39 is 0 Å². The van der Waals surface area contributed by atoms with E-state index in [0.717, 1.165) is 5.56 Å². The number of morpholine rings is 1. The summed E-state index contributed by atoms with van der Waals surface area (Å²) in [4.78, 5) is 26.3. The van der Waals surface area contributed by atoms with Crippen LogP contribution in [0.4, 0.5) is 5.69 Å². The van der Waals surface area contributed by atoms with Crippen molar-refractivity contribution in [3.8, 4) is 5.75 Å². The van der Waals surface area contributed by atoms with E-state index in [1.807, 2.05) is 24.3 Å². The molecule has 0 saturated carbocycles. The van der Waals surface area contributed by atoms with Crippen molar-refractivity contribution >= 4 is 23.6 Å². The monoisotopic (exact) mass is 366 g/mol. The van der Waals surface area contributed by atoms with Crippen molar-refractivity contribution in [1.29, 1.82) is 0 Å². The first-order valence-electron chi connectivity index (χ1n) is 8.76. The van der Waals surface area contributed by atoms with Crippen molar-refractivity contribution in [3.63, 3.8) is 0 Å². The van der Waals surface area contributed by atoms with Gasteiger partial charge < -0.3 is 19.7 Å². The Bertz CT molecular complexity index is 824. The zero-order valence-corrected chi connectivity index (χ0v) is 15.2. The molecule has 6 nitrogen and oxygen atoms in total. The molecule has 0 aromatic heterocycles. The predicted molar refractivity (Wildman–Crippen MR) is 104 cm³/mol. The lowest BCUT2D eigenvalue weighted by Crippen LogP contribution is -2.40. The molecule has 27 heavy (non-hydrogen) atoms. The zero-order chi connectivity index (χ0) is 19.1. The van der Waals surface area contributed by atoms with E-state index in [9.17, 15) is 9.59 Å². The fourth-order valence-electron chi connectivity index (χ4n) is 2.80. The highest BCUT2D eigenvalue weighted by Crippen LogP contribution is 2.19. The number of benzene rings is 2. The van der Waals surface area contributed by atoms with Gasteiger partial charge in [0.1, 0.15) is 5.75 Å². The number of rotatable bonds is 5. The fraction of sp³-hybridized carbons (Fsp3) is 0.238. The number of carbonyl (C=O) groups excluding carboxylic acids is 2. The molecule has 0 aliphatic carbocycles. The van der Waals surface area contributed by atoms with E-state index in [1.54, 1.807) is 42.4 Å². The molecule has 0 spiro atoms. The molecule has 1 heterocycles. The Labute approximate surface area is 158 Å². The smallest absolute Gasteiger partial charge is 0.254 e. The van der Waals surface area contributed by atoms with Crippen molar-refractivity contribution in [2.24, 2.45) is 0 Å². The van der Waals surface area contributed by atoms with Crippen molar-refractivity contribution in [3.05, 3.63) is 65.7 Å². The first-order valence-corrected chi connectivity index (χ1v) is 8.76. The topological polar surface area (TPSA) is 67.9 Å². The number of hydrogen-bond donors (Lipinski definition) is 1. The van der Waals surface area contributed by atoms with Crippen LogP contribution in [0.25, 0.3) is 6.08 Å². The van der Waals surface area contributed by atoms with E-state index in [2.05, 4.69) is 5.32 Å². The Morgan fingerprint density at radius 3 is 2.48 bits per heavy atom. The summed E-state index contributed by atoms with van der Waals surface area (Å²) >= 11 is 0. The van der Waals surface area contributed by atoms with Gasteiger partial charge in [0.2, 0.25) is 5.91 Å². The van der Waals surface area contributed by atoms with Gasteiger partial charge in [-0.2, -0.15) is 0 Å². The molecule has 2 aromatic rings. The van der Waals surface area contributed by atoms with Crippen molar-refractivity contribution in [1.82, 2.24) is 4.90 Å². The van der Waals surface area contributed by atoms with Gasteiger partial charge in [-0.1, -0.05) is 18.2 Å². The van der Waals surface area contributed by atoms with Crippen LogP contribution in [-0.4, -0.2) is 50.1 Å². The summed E-state index contributed by atoms with van der Waals surface area (Å²) < 4.78 is 10.5. The lowest BCUT2D eigenvalue weighted by Gasteiger charge is -2.26. The zero-order valence-electron chi connectivity index (χ0n) is 15.2. The van der Waals surface area contributed by atoms with Gasteiger partial charge in [0.05, 0.1) is 20.3 Å². The third-order valence-corrected chi connectivity index (χ3v) is 4.25. The molecule has 1 fully saturated rings. The van der Waals surface area contributed by atoms with Crippen LogP contribution in [0.15, 0.2) is 54.6 Å². The minimum absolute atomic E-state index is 0.0211. The molecule has 3 rings (SSSR count). The van der Waals surface area contributed by atoms with Crippen molar-refractivity contribution in [2.45, 2.75) is 0 Å². The summed E-state index contributed by atoms with van der Waals surface area (Å²) in [6, 6.07) is 14.3. The SMILES string of the molecule is COc1ccccc1/C=C/C(=O)Nc1ccc(C(=O)N2CCOCC2)cc1. The van der Waals surface area contributed by atoms with Crippen LogP contribution < -0.4 is 10.1 Å². The second-order valence-electron chi connectivity index (χ2n) is 6.05. The quantitative estimate of drug-likeness (QED) is 0.827. The molecule has 1 N–H and O–H groups in total. The highest BCUT2D eigenvalue weighted by molar-refractivity contribution is 6.02. The molecule has 2 amide bonds. The molecule has 2 aromatic carbocycles. The van der Waals surface area contributed by atoms with Gasteiger partial charge >= 0.3 is 0 Å². The van der Waals surface area contributed by atoms with Gasteiger partial charge in [0, 0.05) is 36.0 Å². The number of anilines is 1. The molecule has 6 heteroatoms. The first kappa shape index (κ1) is 18.7. The van der Waals surface area contributed by atoms with Crippen LogP contribution in [0.5, 0.6) is 5.75 Å². The maximum Gasteiger partial charge on any atom is 0.254 e. The number of carbonyl (C=O) groups is 2. The van der Waals surface area contributed by atoms with E-state index in [1.165, 1.54) is 6.08 Å². The average molecular weight is 366 g/mol. The highest BCUT2D eigenvalue weighted by atomic mass is 16.5. The average Bonchev–Trinajstić information content (AvgIpc) is 2.73. The summed E-state index contributed by atoms with van der Waals surface area (Å²) in [7, 11) is 1.59. The van der Waals surface area contributed by atoms with E-state index in [0.29, 0.717) is 43.3 Å². The largest absolute Gasteiger partial charge is 0.496 e. The predicted octanol–water partition coefficient (Wildman–Crippen LogP) is 2.82. The van der Waals surface area contributed by atoms with Crippen LogP contribution in [0.1, 0.15) is 15.9 Å². The summed E-state index contributed by atoms with van der Waals surface area (Å²) in [6.45, 7) is 2.34. The van der Waals surface area contributed by atoms with Gasteiger partial charge in [-0.15, -0.1) is 0 Å². The second kappa shape index (κ2) is 9.00. The Balaban J connectivity index is 1.59. The Hall–Kier alpha value is -3.12. The molecule has 0 atom stereocenters. The minimum atomic E-state index is -0.256. The normalized spacial score (nSPS) is 14.2. The second-order valence-corrected chi connectivity index (χ2v) is 6.05. The number of nitrogens with one attached hydrogen (secondary N) is 1. The van der Waals surface area contributed by atoms with Gasteiger partial charge in [0.25, 0.3) is 5.91 Å². The van der Waals surface area contributed by atoms with Gasteiger partial charge in [0.15, 0.2) is 0 Å². The Morgan fingerprint density at radius 1 is 1.07 bits per heavy atom. The minimum Gasteiger partial charge on any atom is -0.496 e. The molecule has 0 radical (unpaired) electrons. The summed E-state index contributed by atoms with van der Waals surface area (Å²) in [5.41, 5.74) is 2.05. The van der Waals surface area contributed by atoms with E-state index >= 15 is 0 Å². The molecule has 1 aliphatic rings. The number of ether oxygens (including phenoxy) is 2. The van der Waals surface area contributed by atoms with Gasteiger partial charge in [-0.05, 0) is 36.4 Å². The van der Waals surface area contributed by atoms with Crippen LogP contribution in [0.2, 0.25) is 0 Å². The van der Waals surface area contributed by atoms with Crippen molar-refractivity contribution in [2.75, 3.05) is 38.7 Å². The number of amides is 2. The molecule has 0 unspecified atom stereocenters. The summed E-state index contributed by atoms with van der Waals surface area (Å²) in [6.07, 6.45) is 3.15. The Morgan fingerprint density at radius 2 is 1.78 bits per heavy atom. The van der Waals surface area contributed by atoms with E-state index in [4.69, 9.17) is 9.47 Å². The highest BCUT2D eigenvalue weighted by Gasteiger charge is 2.18. The number of hydrogen-bond acceptors (Lipinski definition) is 4. The maximum atomic E-state index is 12.4. The lowest BCUT2D eigenvalue weighted by atomic mass is 10.1. The Kier molecular flexibility index (Phi) is 6.22. The molecule has 1 saturated heterocycles. The summed E-state index contributed by atoms with van der Waals surface area (Å²) in [5.74, 6) is 0.424. The number of nitrogens with zero attached hydrogens (tertiary/aromatic N) is 1. The third kappa shape index (κ3) is 4.95. The van der Waals surface area contributed by atoms with Crippen LogP contribution >= 0.6 is 0 Å². The van der Waals surface area contributed by atoms with Crippen LogP contribution in [0, 0.1) is 0 Å². The molecular formula is C21H22N2O4. The fourth-order valence-corrected chi connectivity index (χ4v) is 2.80. The van der Waals surface area contributed by atoms with Gasteiger partial charge in [-0.25, -0.2) is 0 Å². The number of methoxy groups -OCH3 is 1. The molecule has 140 valence electrons. The van der Waals surface area contributed by atoms with Crippen LogP contribution in [0.3, 0.4) is 0 Å². The molecule has 1 aliphatic heterocycles. The lowest BCUT2D eigenvalue weighted by molar-refractivity contribution is -0.111. The standard InChI is InChI=1S/C21H22N2O4/c1-26-19-5-3-2-4-16(19)8-11-20(24)22-18-9-6-17(7-10-18)21(25)23-12-14-27-15-13-23/h2-11H,12-15H2,1H3,(H,22,24)/b11-8+. The first-order chi connectivity index (χ1) is 13.2. The molecular weight excluding hydrogens is 344 g/mol. The van der Waals surface area contributed by atoms with Crippen molar-refractivity contribution < 1.29 is 19.1 Å². The summed E-state index contributed by atoms with van der Waals surface area (Å²) in [5, 5.41) is 2.78. The number of para-hydroxylation sites is 1. The van der Waals surface area contributed by atoms with E-state index in [-0.39, 0.29) is 11.8 Å².